The molecule has 0 atom stereocenters. The van der Waals surface area contributed by atoms with Gasteiger partial charge in [-0.15, -0.1) is 0 Å². The first-order valence-corrected chi connectivity index (χ1v) is 5.78. The molecule has 0 amide bonds. The molecular weight excluding hydrogens is 264 g/mol. The van der Waals surface area contributed by atoms with Crippen LogP contribution in [0.15, 0.2) is 30.6 Å². The van der Waals surface area contributed by atoms with E-state index in [9.17, 15) is 0 Å². The van der Waals surface area contributed by atoms with Crippen LogP contribution in [0.3, 0.4) is 0 Å². The summed E-state index contributed by atoms with van der Waals surface area (Å²) in [6.45, 7) is 0. The topological polar surface area (TPSA) is 90.3 Å². The first-order valence-electron chi connectivity index (χ1n) is 5.40. The zero-order valence-electron chi connectivity index (χ0n) is 9.55. The number of imidazole rings is 1. The van der Waals surface area contributed by atoms with Gasteiger partial charge >= 0.3 is 0 Å². The van der Waals surface area contributed by atoms with Gasteiger partial charge in [0.1, 0.15) is 11.6 Å². The standard InChI is InChI=1S/C12H7ClN6/c13-12-18-10-9(15-6-16-10)11(19-12)17-8-4-2-1-3-7(8)5-14/h1-4,6H,(H2,15,16,17,18,19). The van der Waals surface area contributed by atoms with E-state index in [0.29, 0.717) is 28.2 Å². The zero-order chi connectivity index (χ0) is 13.2. The first kappa shape index (κ1) is 11.4. The number of rotatable bonds is 2. The second kappa shape index (κ2) is 4.55. The maximum Gasteiger partial charge on any atom is 0.226 e. The van der Waals surface area contributed by atoms with E-state index < -0.39 is 0 Å². The fraction of sp³-hybridized carbons (Fsp3) is 0. The average molecular weight is 271 g/mol. The molecule has 1 aromatic carbocycles. The van der Waals surface area contributed by atoms with E-state index >= 15 is 0 Å². The molecule has 0 radical (unpaired) electrons. The first-order chi connectivity index (χ1) is 9.28. The SMILES string of the molecule is N#Cc1ccccc1Nc1nc(Cl)nc2nc[nH]c12. The van der Waals surface area contributed by atoms with Gasteiger partial charge in [-0.05, 0) is 23.7 Å². The third-order valence-electron chi connectivity index (χ3n) is 2.56. The molecule has 0 aliphatic heterocycles. The fourth-order valence-corrected chi connectivity index (χ4v) is 1.88. The number of anilines is 2. The average Bonchev–Trinajstić information content (AvgIpc) is 2.87. The number of hydrogen-bond donors (Lipinski definition) is 2. The van der Waals surface area contributed by atoms with Crippen LogP contribution >= 0.6 is 11.6 Å². The summed E-state index contributed by atoms with van der Waals surface area (Å²) in [4.78, 5) is 15.1. The highest BCUT2D eigenvalue weighted by molar-refractivity contribution is 6.28. The summed E-state index contributed by atoms with van der Waals surface area (Å²) < 4.78 is 0. The van der Waals surface area contributed by atoms with Crippen molar-refractivity contribution in [3.05, 3.63) is 41.4 Å². The number of nitrogens with zero attached hydrogens (tertiary/aromatic N) is 4. The third kappa shape index (κ3) is 2.07. The van der Waals surface area contributed by atoms with Crippen LogP contribution in [0.2, 0.25) is 5.28 Å². The Hall–Kier alpha value is -2.65. The lowest BCUT2D eigenvalue weighted by atomic mass is 10.2. The Balaban J connectivity index is 2.11. The minimum absolute atomic E-state index is 0.0940. The minimum atomic E-state index is 0.0940. The van der Waals surface area contributed by atoms with Crippen molar-refractivity contribution in [3.8, 4) is 6.07 Å². The molecule has 0 aliphatic carbocycles. The summed E-state index contributed by atoms with van der Waals surface area (Å²) in [6.07, 6.45) is 1.51. The zero-order valence-corrected chi connectivity index (χ0v) is 10.3. The van der Waals surface area contributed by atoms with E-state index in [0.717, 1.165) is 0 Å². The number of benzene rings is 1. The van der Waals surface area contributed by atoms with Crippen molar-refractivity contribution in [2.75, 3.05) is 5.32 Å². The van der Waals surface area contributed by atoms with E-state index in [1.165, 1.54) is 6.33 Å². The fourth-order valence-electron chi connectivity index (χ4n) is 1.71. The van der Waals surface area contributed by atoms with Crippen molar-refractivity contribution in [2.45, 2.75) is 0 Å². The van der Waals surface area contributed by atoms with Gasteiger partial charge in [-0.1, -0.05) is 12.1 Å². The molecule has 19 heavy (non-hydrogen) atoms. The summed E-state index contributed by atoms with van der Waals surface area (Å²) in [7, 11) is 0. The second-order valence-electron chi connectivity index (χ2n) is 3.72. The van der Waals surface area contributed by atoms with Crippen molar-refractivity contribution in [1.82, 2.24) is 19.9 Å². The van der Waals surface area contributed by atoms with Crippen LogP contribution in [0.5, 0.6) is 0 Å². The van der Waals surface area contributed by atoms with Crippen molar-refractivity contribution in [2.24, 2.45) is 0 Å². The van der Waals surface area contributed by atoms with E-state index in [2.05, 4.69) is 31.3 Å². The molecule has 3 aromatic rings. The molecule has 2 aromatic heterocycles. The smallest absolute Gasteiger partial charge is 0.226 e. The predicted molar refractivity (Wildman–Crippen MR) is 71.1 cm³/mol. The van der Waals surface area contributed by atoms with Crippen LogP contribution in [-0.2, 0) is 0 Å². The number of halogens is 1. The minimum Gasteiger partial charge on any atom is -0.340 e. The van der Waals surface area contributed by atoms with Crippen LogP contribution in [-0.4, -0.2) is 19.9 Å². The van der Waals surface area contributed by atoms with E-state index in [4.69, 9.17) is 16.9 Å². The van der Waals surface area contributed by atoms with Gasteiger partial charge in [0.05, 0.1) is 17.6 Å². The highest BCUT2D eigenvalue weighted by atomic mass is 35.5. The molecule has 0 aliphatic rings. The summed E-state index contributed by atoms with van der Waals surface area (Å²) in [5.41, 5.74) is 2.27. The van der Waals surface area contributed by atoms with Gasteiger partial charge < -0.3 is 10.3 Å². The van der Waals surface area contributed by atoms with Crippen molar-refractivity contribution in [1.29, 1.82) is 5.26 Å². The Morgan fingerprint density at radius 2 is 2.11 bits per heavy atom. The summed E-state index contributed by atoms with van der Waals surface area (Å²) >= 11 is 5.84. The van der Waals surface area contributed by atoms with Crippen molar-refractivity contribution < 1.29 is 0 Å². The van der Waals surface area contributed by atoms with Gasteiger partial charge in [0.2, 0.25) is 5.28 Å². The second-order valence-corrected chi connectivity index (χ2v) is 4.06. The molecule has 3 rings (SSSR count). The molecule has 0 saturated heterocycles. The van der Waals surface area contributed by atoms with Gasteiger partial charge in [-0.3, -0.25) is 0 Å². The highest BCUT2D eigenvalue weighted by Crippen LogP contribution is 2.24. The summed E-state index contributed by atoms with van der Waals surface area (Å²) in [6, 6.07) is 9.24. The van der Waals surface area contributed by atoms with Gasteiger partial charge in [0.25, 0.3) is 0 Å². The molecule has 2 heterocycles. The molecule has 7 heteroatoms. The lowest BCUT2D eigenvalue weighted by Gasteiger charge is -2.07. The van der Waals surface area contributed by atoms with Crippen LogP contribution < -0.4 is 5.32 Å². The predicted octanol–water partition coefficient (Wildman–Crippen LogP) is 2.62. The molecule has 2 N–H and O–H groups in total. The lowest BCUT2D eigenvalue weighted by Crippen LogP contribution is -1.98. The van der Waals surface area contributed by atoms with Crippen LogP contribution in [0.25, 0.3) is 11.2 Å². The Kier molecular flexibility index (Phi) is 2.74. The molecule has 0 fully saturated rings. The highest BCUT2D eigenvalue weighted by Gasteiger charge is 2.10. The summed E-state index contributed by atoms with van der Waals surface area (Å²) in [5.74, 6) is 0.482. The van der Waals surface area contributed by atoms with Crippen LogP contribution in [0.4, 0.5) is 11.5 Å². The number of aromatic amines is 1. The molecule has 0 saturated carbocycles. The molecular formula is C12H7ClN6. The molecule has 0 unspecified atom stereocenters. The van der Waals surface area contributed by atoms with Gasteiger partial charge in [0, 0.05) is 0 Å². The normalized spacial score (nSPS) is 10.3. The van der Waals surface area contributed by atoms with E-state index in [1.807, 2.05) is 6.07 Å². The van der Waals surface area contributed by atoms with Gasteiger partial charge in [-0.2, -0.15) is 15.2 Å². The van der Waals surface area contributed by atoms with Crippen molar-refractivity contribution >= 4 is 34.3 Å². The number of aromatic nitrogens is 4. The number of fused-ring (bicyclic) bond motifs is 1. The lowest BCUT2D eigenvalue weighted by molar-refractivity contribution is 1.20. The molecule has 0 bridgehead atoms. The van der Waals surface area contributed by atoms with Crippen LogP contribution in [0.1, 0.15) is 5.56 Å². The number of nitriles is 1. The molecule has 0 spiro atoms. The van der Waals surface area contributed by atoms with Crippen molar-refractivity contribution in [3.63, 3.8) is 0 Å². The number of hydrogen-bond acceptors (Lipinski definition) is 5. The van der Waals surface area contributed by atoms with Crippen LogP contribution in [0, 0.1) is 11.3 Å². The monoisotopic (exact) mass is 270 g/mol. The largest absolute Gasteiger partial charge is 0.340 e. The number of H-pyrrole nitrogens is 1. The van der Waals surface area contributed by atoms with Gasteiger partial charge in [0.15, 0.2) is 11.5 Å². The Bertz CT molecular complexity index is 788. The summed E-state index contributed by atoms with van der Waals surface area (Å²) in [5, 5.41) is 12.2. The molecule has 6 nitrogen and oxygen atoms in total. The maximum atomic E-state index is 9.06. The van der Waals surface area contributed by atoms with Gasteiger partial charge in [-0.25, -0.2) is 4.98 Å². The number of nitrogens with one attached hydrogen (secondary N) is 2. The number of para-hydroxylation sites is 1. The quantitative estimate of drug-likeness (QED) is 0.699. The molecule has 92 valence electrons. The maximum absolute atomic E-state index is 9.06. The Labute approximate surface area is 113 Å². The van der Waals surface area contributed by atoms with E-state index in [1.54, 1.807) is 18.2 Å². The van der Waals surface area contributed by atoms with E-state index in [-0.39, 0.29) is 5.28 Å². The Morgan fingerprint density at radius 3 is 2.95 bits per heavy atom. The Morgan fingerprint density at radius 1 is 1.26 bits per heavy atom. The third-order valence-corrected chi connectivity index (χ3v) is 2.73.